The predicted molar refractivity (Wildman–Crippen MR) is 81.4 cm³/mol. The summed E-state index contributed by atoms with van der Waals surface area (Å²) >= 11 is 17.1. The SMILES string of the molecule is CCCCCCCCCCCCCC(Cl)(Cl)Cl. The van der Waals surface area contributed by atoms with Crippen LogP contribution < -0.4 is 0 Å². The van der Waals surface area contributed by atoms with Crippen molar-refractivity contribution in [2.75, 3.05) is 0 Å². The van der Waals surface area contributed by atoms with Crippen LogP contribution in [0.5, 0.6) is 0 Å². The van der Waals surface area contributed by atoms with Crippen LogP contribution in [0.25, 0.3) is 0 Å². The van der Waals surface area contributed by atoms with E-state index in [1.165, 1.54) is 64.2 Å². The molecule has 0 N–H and O–H groups in total. The molecule has 0 rings (SSSR count). The molecule has 0 aliphatic rings. The molecule has 0 aliphatic heterocycles. The summed E-state index contributed by atoms with van der Waals surface area (Å²) in [4.78, 5) is 0. The van der Waals surface area contributed by atoms with Crippen molar-refractivity contribution in [3.63, 3.8) is 0 Å². The van der Waals surface area contributed by atoms with Gasteiger partial charge in [0.25, 0.3) is 0 Å². The fourth-order valence-electron chi connectivity index (χ4n) is 1.99. The topological polar surface area (TPSA) is 0 Å². The Morgan fingerprint density at radius 1 is 0.588 bits per heavy atom. The summed E-state index contributed by atoms with van der Waals surface area (Å²) in [6.45, 7) is 2.26. The second kappa shape index (κ2) is 11.9. The minimum Gasteiger partial charge on any atom is -0.0837 e. The Balaban J connectivity index is 2.99. The maximum Gasteiger partial charge on any atom is 0.190 e. The van der Waals surface area contributed by atoms with Crippen molar-refractivity contribution < 1.29 is 0 Å². The predicted octanol–water partition coefficient (Wildman–Crippen LogP) is 7.06. The second-order valence-corrected chi connectivity index (χ2v) is 7.42. The molecule has 0 radical (unpaired) electrons. The third-order valence-corrected chi connectivity index (χ3v) is 3.63. The molecule has 17 heavy (non-hydrogen) atoms. The fourth-order valence-corrected chi connectivity index (χ4v) is 2.39. The lowest BCUT2D eigenvalue weighted by molar-refractivity contribution is 0.545. The first-order valence-corrected chi connectivity index (χ1v) is 8.26. The normalized spacial score (nSPS) is 12.0. The average Bonchev–Trinajstić information content (AvgIpc) is 2.24. The summed E-state index contributed by atoms with van der Waals surface area (Å²) in [5.74, 6) is 0. The second-order valence-electron chi connectivity index (χ2n) is 4.90. The lowest BCUT2D eigenvalue weighted by atomic mass is 10.1. The van der Waals surface area contributed by atoms with Gasteiger partial charge in [0.15, 0.2) is 3.79 Å². The first kappa shape index (κ1) is 17.9. The lowest BCUT2D eigenvalue weighted by Gasteiger charge is -2.09. The van der Waals surface area contributed by atoms with Crippen molar-refractivity contribution in [1.82, 2.24) is 0 Å². The zero-order valence-corrected chi connectivity index (χ0v) is 13.4. The van der Waals surface area contributed by atoms with Gasteiger partial charge < -0.3 is 0 Å². The maximum atomic E-state index is 5.69. The Bertz CT molecular complexity index is 152. The standard InChI is InChI=1S/C14H27Cl3/c1-2-3-4-5-6-7-8-9-10-11-12-13-14(15,16)17/h2-13H2,1H3. The summed E-state index contributed by atoms with van der Waals surface area (Å²) in [6.07, 6.45) is 15.3. The fraction of sp³-hybridized carbons (Fsp3) is 1.00. The smallest absolute Gasteiger partial charge is 0.0837 e. The van der Waals surface area contributed by atoms with Gasteiger partial charge in [-0.1, -0.05) is 106 Å². The molecule has 0 aromatic carbocycles. The van der Waals surface area contributed by atoms with Gasteiger partial charge in [0.2, 0.25) is 0 Å². The molecule has 0 atom stereocenters. The molecular formula is C14H27Cl3. The summed E-state index contributed by atoms with van der Waals surface area (Å²) in [7, 11) is 0. The van der Waals surface area contributed by atoms with E-state index < -0.39 is 3.79 Å². The summed E-state index contributed by atoms with van der Waals surface area (Å²) in [6, 6.07) is 0. The average molecular weight is 302 g/mol. The van der Waals surface area contributed by atoms with Gasteiger partial charge in [-0.3, -0.25) is 0 Å². The molecule has 0 fully saturated rings. The van der Waals surface area contributed by atoms with Crippen LogP contribution in [0.3, 0.4) is 0 Å². The maximum absolute atomic E-state index is 5.69. The Morgan fingerprint density at radius 3 is 1.29 bits per heavy atom. The van der Waals surface area contributed by atoms with Crippen LogP contribution in [-0.4, -0.2) is 3.79 Å². The Kier molecular flexibility index (Phi) is 12.5. The zero-order chi connectivity index (χ0) is 13.0. The number of halogens is 3. The minimum atomic E-state index is -1.04. The molecule has 0 heterocycles. The van der Waals surface area contributed by atoms with Gasteiger partial charge in [-0.25, -0.2) is 0 Å². The van der Waals surface area contributed by atoms with Gasteiger partial charge in [-0.05, 0) is 12.8 Å². The molecule has 0 aromatic heterocycles. The molecule has 0 unspecified atom stereocenters. The highest BCUT2D eigenvalue weighted by molar-refractivity contribution is 6.67. The molecule has 0 nitrogen and oxygen atoms in total. The first-order valence-electron chi connectivity index (χ1n) is 7.13. The van der Waals surface area contributed by atoms with Crippen molar-refractivity contribution in [2.45, 2.75) is 87.8 Å². The number of alkyl halides is 3. The number of rotatable bonds is 11. The molecule has 0 spiro atoms. The first-order chi connectivity index (χ1) is 8.06. The summed E-state index contributed by atoms with van der Waals surface area (Å²) in [5, 5.41) is 0. The zero-order valence-electron chi connectivity index (χ0n) is 11.1. The molecule has 3 heteroatoms. The third kappa shape index (κ3) is 16.9. The Labute approximate surface area is 122 Å². The molecule has 0 aliphatic carbocycles. The largest absolute Gasteiger partial charge is 0.190 e. The minimum absolute atomic E-state index is 0.689. The number of hydrogen-bond donors (Lipinski definition) is 0. The molecular weight excluding hydrogens is 275 g/mol. The number of hydrogen-bond acceptors (Lipinski definition) is 0. The quantitative estimate of drug-likeness (QED) is 0.283. The van der Waals surface area contributed by atoms with Crippen molar-refractivity contribution in [2.24, 2.45) is 0 Å². The molecule has 104 valence electrons. The highest BCUT2D eigenvalue weighted by Gasteiger charge is 2.17. The van der Waals surface area contributed by atoms with Crippen LogP contribution in [0.1, 0.15) is 84.0 Å². The van der Waals surface area contributed by atoms with Crippen molar-refractivity contribution >= 4 is 34.8 Å². The molecule has 0 aromatic rings. The van der Waals surface area contributed by atoms with Crippen molar-refractivity contribution in [1.29, 1.82) is 0 Å². The van der Waals surface area contributed by atoms with Crippen LogP contribution in [0.4, 0.5) is 0 Å². The van der Waals surface area contributed by atoms with E-state index in [1.807, 2.05) is 0 Å². The van der Waals surface area contributed by atoms with Crippen LogP contribution >= 0.6 is 34.8 Å². The third-order valence-electron chi connectivity index (χ3n) is 3.06. The van der Waals surface area contributed by atoms with Gasteiger partial charge >= 0.3 is 0 Å². The Morgan fingerprint density at radius 2 is 0.941 bits per heavy atom. The van der Waals surface area contributed by atoms with Gasteiger partial charge in [0.05, 0.1) is 0 Å². The van der Waals surface area contributed by atoms with Gasteiger partial charge in [-0.15, -0.1) is 0 Å². The summed E-state index contributed by atoms with van der Waals surface area (Å²) < 4.78 is -1.04. The van der Waals surface area contributed by atoms with Crippen molar-refractivity contribution in [3.05, 3.63) is 0 Å². The van der Waals surface area contributed by atoms with Crippen LogP contribution in [0, 0.1) is 0 Å². The van der Waals surface area contributed by atoms with E-state index in [2.05, 4.69) is 6.92 Å². The van der Waals surface area contributed by atoms with Crippen LogP contribution in [0.15, 0.2) is 0 Å². The lowest BCUT2D eigenvalue weighted by Crippen LogP contribution is -2.00. The highest BCUT2D eigenvalue weighted by atomic mass is 35.6. The van der Waals surface area contributed by atoms with E-state index >= 15 is 0 Å². The van der Waals surface area contributed by atoms with Crippen molar-refractivity contribution in [3.8, 4) is 0 Å². The van der Waals surface area contributed by atoms with E-state index in [0.29, 0.717) is 6.42 Å². The van der Waals surface area contributed by atoms with Crippen LogP contribution in [-0.2, 0) is 0 Å². The Hall–Kier alpha value is 0.870. The van der Waals surface area contributed by atoms with Crippen LogP contribution in [0.2, 0.25) is 0 Å². The van der Waals surface area contributed by atoms with Gasteiger partial charge in [0.1, 0.15) is 0 Å². The van der Waals surface area contributed by atoms with Gasteiger partial charge in [0, 0.05) is 0 Å². The molecule has 0 saturated heterocycles. The van der Waals surface area contributed by atoms with E-state index in [-0.39, 0.29) is 0 Å². The molecule has 0 bridgehead atoms. The van der Waals surface area contributed by atoms with Gasteiger partial charge in [-0.2, -0.15) is 0 Å². The van der Waals surface area contributed by atoms with E-state index in [4.69, 9.17) is 34.8 Å². The van der Waals surface area contributed by atoms with E-state index in [9.17, 15) is 0 Å². The monoisotopic (exact) mass is 300 g/mol. The van der Waals surface area contributed by atoms with E-state index in [1.54, 1.807) is 0 Å². The van der Waals surface area contributed by atoms with E-state index in [0.717, 1.165) is 6.42 Å². The molecule has 0 amide bonds. The molecule has 0 saturated carbocycles. The highest BCUT2D eigenvalue weighted by Crippen LogP contribution is 2.32. The summed E-state index contributed by atoms with van der Waals surface area (Å²) in [5.41, 5.74) is 0. The number of unbranched alkanes of at least 4 members (excludes halogenated alkanes) is 10.